The number of nitrogens with zero attached hydrogens (tertiary/aromatic N) is 5. The molecule has 3 heterocycles. The predicted molar refractivity (Wildman–Crippen MR) is 130 cm³/mol. The van der Waals surface area contributed by atoms with Crippen molar-refractivity contribution in [1.82, 2.24) is 24.8 Å². The molecule has 5 rings (SSSR count). The Labute approximate surface area is 199 Å². The number of likely N-dealkylation sites (tertiary alicyclic amines) is 1. The highest BCUT2D eigenvalue weighted by Crippen LogP contribution is 2.30. The fourth-order valence-electron chi connectivity index (χ4n) is 4.34. The molecule has 1 aliphatic heterocycles. The normalized spacial score (nSPS) is 14.7. The van der Waals surface area contributed by atoms with Gasteiger partial charge in [0.2, 0.25) is 0 Å². The molecule has 0 atom stereocenters. The van der Waals surface area contributed by atoms with Gasteiger partial charge in [-0.25, -0.2) is 19.3 Å². The van der Waals surface area contributed by atoms with Gasteiger partial charge in [0, 0.05) is 48.7 Å². The number of halogens is 1. The summed E-state index contributed by atoms with van der Waals surface area (Å²) in [5.74, 6) is 1.54. The summed E-state index contributed by atoms with van der Waals surface area (Å²) in [7, 11) is 0. The van der Waals surface area contributed by atoms with E-state index >= 15 is 0 Å². The predicted octanol–water partition coefficient (Wildman–Crippen LogP) is 5.06. The minimum Gasteiger partial charge on any atom is -0.366 e. The van der Waals surface area contributed by atoms with Crippen molar-refractivity contribution in [3.05, 3.63) is 102 Å². The molecule has 34 heavy (non-hydrogen) atoms. The lowest BCUT2D eigenvalue weighted by Gasteiger charge is -2.32. The summed E-state index contributed by atoms with van der Waals surface area (Å²) in [6.45, 7) is 3.11. The summed E-state index contributed by atoms with van der Waals surface area (Å²) in [6, 6.07) is 19.3. The van der Waals surface area contributed by atoms with Crippen LogP contribution in [0.5, 0.6) is 0 Å². The molecule has 0 amide bonds. The summed E-state index contributed by atoms with van der Waals surface area (Å²) in [6.07, 6.45) is 6.92. The first kappa shape index (κ1) is 22.1. The molecule has 6 nitrogen and oxygen atoms in total. The SMILES string of the molecule is Fc1ccccc1CN1CCC(c2cc(NCc3ccccc3)nc(-c3cnccn3)n2)CC1. The fraction of sp³-hybridized carbons (Fsp3) is 0.259. The molecule has 0 aliphatic carbocycles. The quantitative estimate of drug-likeness (QED) is 0.421. The second kappa shape index (κ2) is 10.5. The Balaban J connectivity index is 1.32. The molecule has 2 aromatic carbocycles. The van der Waals surface area contributed by atoms with E-state index in [-0.39, 0.29) is 5.82 Å². The molecule has 0 unspecified atom stereocenters. The largest absolute Gasteiger partial charge is 0.366 e. The zero-order chi connectivity index (χ0) is 23.2. The van der Waals surface area contributed by atoms with Crippen molar-refractivity contribution in [2.75, 3.05) is 18.4 Å². The maximum absolute atomic E-state index is 14.1. The third kappa shape index (κ3) is 5.43. The summed E-state index contributed by atoms with van der Waals surface area (Å²) >= 11 is 0. The lowest BCUT2D eigenvalue weighted by atomic mass is 9.92. The first-order chi connectivity index (χ1) is 16.7. The molecule has 0 bridgehead atoms. The molecular formula is C27H27FN6. The number of benzene rings is 2. The highest BCUT2D eigenvalue weighted by Gasteiger charge is 2.24. The molecule has 0 radical (unpaired) electrons. The molecule has 172 valence electrons. The summed E-state index contributed by atoms with van der Waals surface area (Å²) in [4.78, 5) is 20.5. The Kier molecular flexibility index (Phi) is 6.81. The van der Waals surface area contributed by atoms with Crippen molar-refractivity contribution in [2.45, 2.75) is 31.8 Å². The van der Waals surface area contributed by atoms with E-state index in [0.29, 0.717) is 30.5 Å². The van der Waals surface area contributed by atoms with Crippen molar-refractivity contribution >= 4 is 5.82 Å². The third-order valence-corrected chi connectivity index (χ3v) is 6.21. The fourth-order valence-corrected chi connectivity index (χ4v) is 4.34. The van der Waals surface area contributed by atoms with Crippen molar-refractivity contribution in [3.63, 3.8) is 0 Å². The number of hydrogen-bond donors (Lipinski definition) is 1. The van der Waals surface area contributed by atoms with Crippen LogP contribution in [0, 0.1) is 5.82 Å². The average Bonchev–Trinajstić information content (AvgIpc) is 2.90. The van der Waals surface area contributed by atoms with E-state index in [1.54, 1.807) is 24.7 Å². The summed E-state index contributed by atoms with van der Waals surface area (Å²) in [5.41, 5.74) is 3.60. The van der Waals surface area contributed by atoms with E-state index in [0.717, 1.165) is 43.0 Å². The molecule has 1 saturated heterocycles. The Morgan fingerprint density at radius 2 is 1.74 bits per heavy atom. The second-order valence-corrected chi connectivity index (χ2v) is 8.57. The zero-order valence-corrected chi connectivity index (χ0v) is 18.9. The molecule has 1 aliphatic rings. The van der Waals surface area contributed by atoms with Crippen LogP contribution in [0.4, 0.5) is 10.2 Å². The van der Waals surface area contributed by atoms with Crippen molar-refractivity contribution in [2.24, 2.45) is 0 Å². The highest BCUT2D eigenvalue weighted by molar-refractivity contribution is 5.52. The van der Waals surface area contributed by atoms with Crippen LogP contribution in [0.1, 0.15) is 35.6 Å². The Morgan fingerprint density at radius 1 is 0.941 bits per heavy atom. The highest BCUT2D eigenvalue weighted by atomic mass is 19.1. The molecule has 1 N–H and O–H groups in total. The van der Waals surface area contributed by atoms with Crippen LogP contribution >= 0.6 is 0 Å². The zero-order valence-electron chi connectivity index (χ0n) is 18.9. The van der Waals surface area contributed by atoms with Gasteiger partial charge in [0.25, 0.3) is 0 Å². The van der Waals surface area contributed by atoms with Crippen molar-refractivity contribution in [1.29, 1.82) is 0 Å². The van der Waals surface area contributed by atoms with Crippen LogP contribution in [0.3, 0.4) is 0 Å². The minimum absolute atomic E-state index is 0.136. The summed E-state index contributed by atoms with van der Waals surface area (Å²) in [5, 5.41) is 3.45. The monoisotopic (exact) mass is 454 g/mol. The molecule has 2 aromatic heterocycles. The smallest absolute Gasteiger partial charge is 0.182 e. The molecule has 7 heteroatoms. The first-order valence-corrected chi connectivity index (χ1v) is 11.6. The van der Waals surface area contributed by atoms with Crippen LogP contribution in [0.25, 0.3) is 11.5 Å². The van der Waals surface area contributed by atoms with Gasteiger partial charge in [-0.2, -0.15) is 0 Å². The number of piperidine rings is 1. The standard InChI is InChI=1S/C27H27FN6/c28-23-9-5-4-8-22(23)19-34-14-10-21(11-15-34)24-16-26(31-17-20-6-2-1-3-7-20)33-27(32-24)25-18-29-12-13-30-25/h1-9,12-13,16,18,21H,10-11,14-15,17,19H2,(H,31,32,33). The van der Waals surface area contributed by atoms with Gasteiger partial charge in [-0.15, -0.1) is 0 Å². The Hall–Kier alpha value is -3.71. The van der Waals surface area contributed by atoms with Crippen LogP contribution < -0.4 is 5.32 Å². The van der Waals surface area contributed by atoms with Gasteiger partial charge < -0.3 is 5.32 Å². The first-order valence-electron chi connectivity index (χ1n) is 11.6. The van der Waals surface area contributed by atoms with Gasteiger partial charge >= 0.3 is 0 Å². The van der Waals surface area contributed by atoms with Gasteiger partial charge in [0.1, 0.15) is 17.3 Å². The van der Waals surface area contributed by atoms with Gasteiger partial charge in [0.05, 0.1) is 6.20 Å². The lowest BCUT2D eigenvalue weighted by molar-refractivity contribution is 0.201. The average molecular weight is 455 g/mol. The van der Waals surface area contributed by atoms with Gasteiger partial charge in [0.15, 0.2) is 5.82 Å². The van der Waals surface area contributed by atoms with Crippen molar-refractivity contribution < 1.29 is 4.39 Å². The maximum Gasteiger partial charge on any atom is 0.182 e. The molecule has 0 saturated carbocycles. The van der Waals surface area contributed by atoms with Crippen LogP contribution in [-0.2, 0) is 13.1 Å². The molecule has 0 spiro atoms. The van der Waals surface area contributed by atoms with Crippen molar-refractivity contribution in [3.8, 4) is 11.5 Å². The third-order valence-electron chi connectivity index (χ3n) is 6.21. The maximum atomic E-state index is 14.1. The molecule has 4 aromatic rings. The van der Waals surface area contributed by atoms with E-state index < -0.39 is 0 Å². The Morgan fingerprint density at radius 3 is 2.50 bits per heavy atom. The number of aromatic nitrogens is 4. The van der Waals surface area contributed by atoms with Gasteiger partial charge in [-0.3, -0.25) is 9.88 Å². The van der Waals surface area contributed by atoms with E-state index in [1.807, 2.05) is 30.3 Å². The second-order valence-electron chi connectivity index (χ2n) is 8.57. The van der Waals surface area contributed by atoms with Crippen LogP contribution in [0.2, 0.25) is 0 Å². The molecule has 1 fully saturated rings. The van der Waals surface area contributed by atoms with Gasteiger partial charge in [-0.1, -0.05) is 48.5 Å². The number of hydrogen-bond acceptors (Lipinski definition) is 6. The van der Waals surface area contributed by atoms with E-state index in [1.165, 1.54) is 11.6 Å². The minimum atomic E-state index is -0.136. The van der Waals surface area contributed by atoms with Crippen LogP contribution in [0.15, 0.2) is 79.3 Å². The number of nitrogens with one attached hydrogen (secondary N) is 1. The lowest BCUT2D eigenvalue weighted by Crippen LogP contribution is -2.33. The molecular weight excluding hydrogens is 427 g/mol. The number of rotatable bonds is 7. The van der Waals surface area contributed by atoms with E-state index in [9.17, 15) is 4.39 Å². The summed E-state index contributed by atoms with van der Waals surface area (Å²) < 4.78 is 14.1. The van der Waals surface area contributed by atoms with E-state index in [2.05, 4.69) is 38.4 Å². The Bertz CT molecular complexity index is 1210. The van der Waals surface area contributed by atoms with Crippen LogP contribution in [-0.4, -0.2) is 37.9 Å². The number of anilines is 1. The van der Waals surface area contributed by atoms with E-state index in [4.69, 9.17) is 9.97 Å². The van der Waals surface area contributed by atoms with Gasteiger partial charge in [-0.05, 0) is 37.6 Å². The topological polar surface area (TPSA) is 66.8 Å².